The van der Waals surface area contributed by atoms with Gasteiger partial charge in [0.05, 0.1) is 5.41 Å². The van der Waals surface area contributed by atoms with E-state index in [0.29, 0.717) is 44.2 Å². The predicted molar refractivity (Wildman–Crippen MR) is 80.9 cm³/mol. The van der Waals surface area contributed by atoms with Crippen molar-refractivity contribution in [3.63, 3.8) is 0 Å². The molecule has 2 aliphatic rings. The Labute approximate surface area is 127 Å². The number of aliphatic carboxylic acids is 1. The van der Waals surface area contributed by atoms with Gasteiger partial charge in [0.25, 0.3) is 0 Å². The van der Waals surface area contributed by atoms with Crippen molar-refractivity contribution in [2.75, 3.05) is 26.2 Å². The molecule has 21 heavy (non-hydrogen) atoms. The van der Waals surface area contributed by atoms with Gasteiger partial charge in [0.2, 0.25) is 5.91 Å². The van der Waals surface area contributed by atoms with Gasteiger partial charge in [-0.1, -0.05) is 13.8 Å². The minimum absolute atomic E-state index is 0.129. The van der Waals surface area contributed by atoms with Gasteiger partial charge in [0, 0.05) is 19.5 Å². The molecular formula is C16H28N2O3. The van der Waals surface area contributed by atoms with Crippen LogP contribution in [0.25, 0.3) is 0 Å². The average Bonchev–Trinajstić information content (AvgIpc) is 2.94. The van der Waals surface area contributed by atoms with Gasteiger partial charge in [-0.15, -0.1) is 0 Å². The van der Waals surface area contributed by atoms with Crippen LogP contribution in [0.1, 0.15) is 46.0 Å². The number of hydrogen-bond donors (Lipinski definition) is 2. The van der Waals surface area contributed by atoms with Crippen molar-refractivity contribution < 1.29 is 14.7 Å². The summed E-state index contributed by atoms with van der Waals surface area (Å²) in [4.78, 5) is 25.7. The number of carbonyl (C=O) groups is 2. The van der Waals surface area contributed by atoms with Crippen molar-refractivity contribution >= 4 is 11.9 Å². The monoisotopic (exact) mass is 296 g/mol. The van der Waals surface area contributed by atoms with Gasteiger partial charge < -0.3 is 15.3 Å². The van der Waals surface area contributed by atoms with Gasteiger partial charge in [-0.3, -0.25) is 9.59 Å². The third-order valence-electron chi connectivity index (χ3n) is 5.47. The van der Waals surface area contributed by atoms with Crippen molar-refractivity contribution in [2.24, 2.45) is 17.3 Å². The topological polar surface area (TPSA) is 69.6 Å². The molecule has 120 valence electrons. The van der Waals surface area contributed by atoms with Crippen molar-refractivity contribution in [1.82, 2.24) is 10.2 Å². The highest BCUT2D eigenvalue weighted by Crippen LogP contribution is 2.35. The molecule has 3 unspecified atom stereocenters. The zero-order valence-corrected chi connectivity index (χ0v) is 13.2. The normalized spacial score (nSPS) is 31.1. The highest BCUT2D eigenvalue weighted by Gasteiger charge is 2.44. The van der Waals surface area contributed by atoms with Gasteiger partial charge >= 0.3 is 5.97 Å². The van der Waals surface area contributed by atoms with Crippen molar-refractivity contribution in [3.8, 4) is 0 Å². The standard InChI is InChI=1S/C16H28N2O3/c1-3-16(15(20)21)6-8-18(11-16)14(19)9-12(2)13-5-4-7-17-10-13/h12-13,17H,3-11H2,1-2H3,(H,20,21). The molecule has 0 aliphatic carbocycles. The lowest BCUT2D eigenvalue weighted by Crippen LogP contribution is -2.38. The third kappa shape index (κ3) is 3.57. The van der Waals surface area contributed by atoms with E-state index in [4.69, 9.17) is 0 Å². The summed E-state index contributed by atoms with van der Waals surface area (Å²) < 4.78 is 0. The fraction of sp³-hybridized carbons (Fsp3) is 0.875. The number of rotatable bonds is 5. The Kier molecular flexibility index (Phi) is 5.25. The number of piperidine rings is 1. The first-order chi connectivity index (χ1) is 9.98. The molecule has 0 aromatic carbocycles. The Hall–Kier alpha value is -1.10. The molecule has 0 radical (unpaired) electrons. The molecule has 5 heteroatoms. The number of carboxylic acid groups (broad SMARTS) is 1. The molecule has 3 atom stereocenters. The van der Waals surface area contributed by atoms with Crippen LogP contribution in [0.3, 0.4) is 0 Å². The number of carbonyl (C=O) groups excluding carboxylic acids is 1. The summed E-state index contributed by atoms with van der Waals surface area (Å²) in [5, 5.41) is 12.8. The van der Waals surface area contributed by atoms with Crippen LogP contribution < -0.4 is 5.32 Å². The zero-order valence-electron chi connectivity index (χ0n) is 13.2. The second-order valence-electron chi connectivity index (χ2n) is 6.79. The number of nitrogens with one attached hydrogen (secondary N) is 1. The van der Waals surface area contributed by atoms with E-state index < -0.39 is 11.4 Å². The van der Waals surface area contributed by atoms with Crippen LogP contribution in [0.5, 0.6) is 0 Å². The number of hydrogen-bond acceptors (Lipinski definition) is 3. The molecule has 2 saturated heterocycles. The Morgan fingerprint density at radius 2 is 2.24 bits per heavy atom. The van der Waals surface area contributed by atoms with E-state index in [1.165, 1.54) is 12.8 Å². The van der Waals surface area contributed by atoms with E-state index in [1.807, 2.05) is 6.92 Å². The second-order valence-corrected chi connectivity index (χ2v) is 6.79. The van der Waals surface area contributed by atoms with Gasteiger partial charge in [-0.25, -0.2) is 0 Å². The Morgan fingerprint density at radius 3 is 2.76 bits per heavy atom. The molecule has 2 N–H and O–H groups in total. The Bertz CT molecular complexity index is 393. The second kappa shape index (κ2) is 6.77. The summed E-state index contributed by atoms with van der Waals surface area (Å²) in [6.45, 7) is 7.11. The van der Waals surface area contributed by atoms with E-state index in [-0.39, 0.29) is 5.91 Å². The molecule has 0 bridgehead atoms. The smallest absolute Gasteiger partial charge is 0.311 e. The third-order valence-corrected chi connectivity index (χ3v) is 5.47. The van der Waals surface area contributed by atoms with Gasteiger partial charge in [0.1, 0.15) is 0 Å². The lowest BCUT2D eigenvalue weighted by atomic mass is 9.84. The van der Waals surface area contributed by atoms with Crippen LogP contribution in [0, 0.1) is 17.3 Å². The summed E-state index contributed by atoms with van der Waals surface area (Å²) in [7, 11) is 0. The molecule has 5 nitrogen and oxygen atoms in total. The first-order valence-electron chi connectivity index (χ1n) is 8.20. The number of amides is 1. The molecule has 2 aliphatic heterocycles. The summed E-state index contributed by atoms with van der Waals surface area (Å²) >= 11 is 0. The van der Waals surface area contributed by atoms with Gasteiger partial charge in [0.15, 0.2) is 0 Å². The Morgan fingerprint density at radius 1 is 1.48 bits per heavy atom. The van der Waals surface area contributed by atoms with Crippen LogP contribution in [0.4, 0.5) is 0 Å². The van der Waals surface area contributed by atoms with E-state index in [1.54, 1.807) is 4.90 Å². The summed E-state index contributed by atoms with van der Waals surface area (Å²) in [6, 6.07) is 0. The summed E-state index contributed by atoms with van der Waals surface area (Å²) in [5.41, 5.74) is -0.717. The maximum absolute atomic E-state index is 12.4. The minimum atomic E-state index is -0.759. The first kappa shape index (κ1) is 16.3. The van der Waals surface area contributed by atoms with Crippen molar-refractivity contribution in [3.05, 3.63) is 0 Å². The highest BCUT2D eigenvalue weighted by molar-refractivity contribution is 5.80. The minimum Gasteiger partial charge on any atom is -0.481 e. The van der Waals surface area contributed by atoms with Crippen LogP contribution in [-0.2, 0) is 9.59 Å². The van der Waals surface area contributed by atoms with Crippen LogP contribution in [0.15, 0.2) is 0 Å². The van der Waals surface area contributed by atoms with Crippen LogP contribution in [-0.4, -0.2) is 48.1 Å². The van der Waals surface area contributed by atoms with E-state index in [9.17, 15) is 14.7 Å². The Balaban J connectivity index is 1.88. The largest absolute Gasteiger partial charge is 0.481 e. The van der Waals surface area contributed by atoms with Crippen LogP contribution in [0.2, 0.25) is 0 Å². The van der Waals surface area contributed by atoms with Gasteiger partial charge in [-0.2, -0.15) is 0 Å². The number of carboxylic acids is 1. The lowest BCUT2D eigenvalue weighted by molar-refractivity contribution is -0.148. The number of nitrogens with zero attached hydrogens (tertiary/aromatic N) is 1. The van der Waals surface area contributed by atoms with Crippen molar-refractivity contribution in [2.45, 2.75) is 46.0 Å². The molecule has 2 heterocycles. The fourth-order valence-corrected chi connectivity index (χ4v) is 3.64. The summed E-state index contributed by atoms with van der Waals surface area (Å²) in [5.74, 6) is 0.307. The van der Waals surface area contributed by atoms with Crippen molar-refractivity contribution in [1.29, 1.82) is 0 Å². The molecule has 0 spiro atoms. The molecule has 1 amide bonds. The first-order valence-corrected chi connectivity index (χ1v) is 8.20. The SMILES string of the molecule is CCC1(C(=O)O)CCN(C(=O)CC(C)C2CCCNC2)C1. The molecule has 0 saturated carbocycles. The van der Waals surface area contributed by atoms with E-state index in [0.717, 1.165) is 13.1 Å². The van der Waals surface area contributed by atoms with E-state index >= 15 is 0 Å². The predicted octanol–water partition coefficient (Wildman–Crippen LogP) is 1.73. The number of likely N-dealkylation sites (tertiary alicyclic amines) is 1. The maximum Gasteiger partial charge on any atom is 0.311 e. The molecule has 0 aromatic heterocycles. The maximum atomic E-state index is 12.4. The molecule has 0 aromatic rings. The van der Waals surface area contributed by atoms with Gasteiger partial charge in [-0.05, 0) is 50.6 Å². The van der Waals surface area contributed by atoms with Crippen LogP contribution >= 0.6 is 0 Å². The highest BCUT2D eigenvalue weighted by atomic mass is 16.4. The summed E-state index contributed by atoms with van der Waals surface area (Å²) in [6.07, 6.45) is 4.10. The van der Waals surface area contributed by atoms with E-state index in [2.05, 4.69) is 12.2 Å². The fourth-order valence-electron chi connectivity index (χ4n) is 3.64. The quantitative estimate of drug-likeness (QED) is 0.810. The zero-order chi connectivity index (χ0) is 15.5. The average molecular weight is 296 g/mol. The molecule has 2 rings (SSSR count). The molecule has 2 fully saturated rings. The molecular weight excluding hydrogens is 268 g/mol. The lowest BCUT2D eigenvalue weighted by Gasteiger charge is -2.29.